The Morgan fingerprint density at radius 2 is 1.68 bits per heavy atom. The predicted octanol–water partition coefficient (Wildman–Crippen LogP) is 1.69. The Morgan fingerprint density at radius 1 is 1.04 bits per heavy atom. The van der Waals surface area contributed by atoms with Crippen LogP contribution in [0.25, 0.3) is 0 Å². The lowest BCUT2D eigenvalue weighted by Gasteiger charge is -2.35. The van der Waals surface area contributed by atoms with Gasteiger partial charge in [-0.15, -0.1) is 0 Å². The highest BCUT2D eigenvalue weighted by Gasteiger charge is 2.21. The molecule has 25 heavy (non-hydrogen) atoms. The number of hydrogen-bond donors (Lipinski definition) is 0. The maximum absolute atomic E-state index is 12.2. The van der Waals surface area contributed by atoms with Crippen molar-refractivity contribution < 1.29 is 14.3 Å². The number of ether oxygens (including phenoxy) is 2. The third kappa shape index (κ3) is 5.34. The molecule has 0 atom stereocenters. The van der Waals surface area contributed by atoms with E-state index in [0.29, 0.717) is 6.54 Å². The van der Waals surface area contributed by atoms with Crippen LogP contribution in [0.15, 0.2) is 18.2 Å². The molecule has 0 saturated carbocycles. The summed E-state index contributed by atoms with van der Waals surface area (Å²) in [5, 5.41) is 0. The van der Waals surface area contributed by atoms with Gasteiger partial charge in [-0.1, -0.05) is 0 Å². The standard InChI is InChI=1S/C19H31N3O3/c1-5-22(6-2)19(23)15-21-11-9-20(10-12-21)14-16-13-17(24-3)7-8-18(16)25-4/h7-8,13H,5-6,9-12,14-15H2,1-4H3. The van der Waals surface area contributed by atoms with E-state index >= 15 is 0 Å². The molecule has 1 amide bonds. The van der Waals surface area contributed by atoms with Crippen LogP contribution in [0.4, 0.5) is 0 Å². The third-order valence-electron chi connectivity index (χ3n) is 4.82. The van der Waals surface area contributed by atoms with Crippen molar-refractivity contribution >= 4 is 5.91 Å². The van der Waals surface area contributed by atoms with Gasteiger partial charge in [0.15, 0.2) is 0 Å². The summed E-state index contributed by atoms with van der Waals surface area (Å²) in [6.45, 7) is 10.7. The smallest absolute Gasteiger partial charge is 0.236 e. The summed E-state index contributed by atoms with van der Waals surface area (Å²) < 4.78 is 10.8. The monoisotopic (exact) mass is 349 g/mol. The van der Waals surface area contributed by atoms with Gasteiger partial charge in [-0.25, -0.2) is 0 Å². The zero-order valence-corrected chi connectivity index (χ0v) is 16.0. The normalized spacial score (nSPS) is 15.8. The van der Waals surface area contributed by atoms with E-state index in [0.717, 1.165) is 62.9 Å². The van der Waals surface area contributed by atoms with Gasteiger partial charge in [0.1, 0.15) is 11.5 Å². The van der Waals surface area contributed by atoms with Gasteiger partial charge in [-0.05, 0) is 32.0 Å². The summed E-state index contributed by atoms with van der Waals surface area (Å²) in [6, 6.07) is 5.90. The van der Waals surface area contributed by atoms with Crippen molar-refractivity contribution in [3.05, 3.63) is 23.8 Å². The molecule has 2 rings (SSSR count). The number of rotatable bonds is 8. The first kappa shape index (κ1) is 19.5. The summed E-state index contributed by atoms with van der Waals surface area (Å²) >= 11 is 0. The Balaban J connectivity index is 1.87. The molecule has 1 aliphatic rings. The van der Waals surface area contributed by atoms with E-state index in [9.17, 15) is 4.79 Å². The molecule has 1 fully saturated rings. The minimum Gasteiger partial charge on any atom is -0.497 e. The van der Waals surface area contributed by atoms with E-state index in [1.165, 1.54) is 0 Å². The average molecular weight is 349 g/mol. The van der Waals surface area contributed by atoms with Crippen LogP contribution in [0.1, 0.15) is 19.4 Å². The zero-order chi connectivity index (χ0) is 18.2. The predicted molar refractivity (Wildman–Crippen MR) is 99.2 cm³/mol. The maximum Gasteiger partial charge on any atom is 0.236 e. The van der Waals surface area contributed by atoms with Crippen LogP contribution in [-0.2, 0) is 11.3 Å². The van der Waals surface area contributed by atoms with E-state index < -0.39 is 0 Å². The Bertz CT molecular complexity index is 553. The van der Waals surface area contributed by atoms with Gasteiger partial charge >= 0.3 is 0 Å². The Hall–Kier alpha value is -1.79. The van der Waals surface area contributed by atoms with E-state index in [-0.39, 0.29) is 5.91 Å². The fourth-order valence-electron chi connectivity index (χ4n) is 3.22. The molecule has 0 aliphatic carbocycles. The summed E-state index contributed by atoms with van der Waals surface area (Å²) in [6.07, 6.45) is 0. The van der Waals surface area contributed by atoms with Crippen molar-refractivity contribution in [3.63, 3.8) is 0 Å². The lowest BCUT2D eigenvalue weighted by molar-refractivity contribution is -0.132. The second-order valence-electron chi connectivity index (χ2n) is 6.30. The first-order valence-electron chi connectivity index (χ1n) is 9.04. The van der Waals surface area contributed by atoms with Crippen LogP contribution in [0.2, 0.25) is 0 Å². The molecule has 1 aliphatic heterocycles. The molecule has 1 aromatic carbocycles. The number of amides is 1. The highest BCUT2D eigenvalue weighted by atomic mass is 16.5. The maximum atomic E-state index is 12.2. The highest BCUT2D eigenvalue weighted by molar-refractivity contribution is 5.78. The van der Waals surface area contributed by atoms with Gasteiger partial charge in [0.05, 0.1) is 20.8 Å². The van der Waals surface area contributed by atoms with Crippen LogP contribution in [0.5, 0.6) is 11.5 Å². The number of carbonyl (C=O) groups excluding carboxylic acids is 1. The van der Waals surface area contributed by atoms with E-state index in [1.807, 2.05) is 36.9 Å². The molecule has 0 unspecified atom stereocenters. The molecular weight excluding hydrogens is 318 g/mol. The SMILES string of the molecule is CCN(CC)C(=O)CN1CCN(Cc2cc(OC)ccc2OC)CC1. The van der Waals surface area contributed by atoms with Gasteiger partial charge in [-0.3, -0.25) is 14.6 Å². The lowest BCUT2D eigenvalue weighted by Crippen LogP contribution is -2.49. The number of carbonyl (C=O) groups is 1. The number of methoxy groups -OCH3 is 2. The van der Waals surface area contributed by atoms with Crippen LogP contribution in [-0.4, -0.2) is 80.6 Å². The first-order chi connectivity index (χ1) is 12.1. The number of likely N-dealkylation sites (N-methyl/N-ethyl adjacent to an activating group) is 1. The molecule has 1 saturated heterocycles. The molecule has 6 nitrogen and oxygen atoms in total. The van der Waals surface area contributed by atoms with Crippen molar-refractivity contribution in [3.8, 4) is 11.5 Å². The van der Waals surface area contributed by atoms with Crippen molar-refractivity contribution in [2.45, 2.75) is 20.4 Å². The largest absolute Gasteiger partial charge is 0.497 e. The minimum atomic E-state index is 0.230. The molecule has 0 aromatic heterocycles. The molecule has 0 radical (unpaired) electrons. The van der Waals surface area contributed by atoms with Crippen molar-refractivity contribution in [1.82, 2.24) is 14.7 Å². The Kier molecular flexibility index (Phi) is 7.52. The zero-order valence-electron chi connectivity index (χ0n) is 16.0. The van der Waals surface area contributed by atoms with Crippen molar-refractivity contribution in [1.29, 1.82) is 0 Å². The lowest BCUT2D eigenvalue weighted by atomic mass is 10.1. The molecule has 1 heterocycles. The quantitative estimate of drug-likeness (QED) is 0.715. The first-order valence-corrected chi connectivity index (χ1v) is 9.04. The van der Waals surface area contributed by atoms with Crippen LogP contribution >= 0.6 is 0 Å². The highest BCUT2D eigenvalue weighted by Crippen LogP contribution is 2.25. The summed E-state index contributed by atoms with van der Waals surface area (Å²) in [7, 11) is 3.37. The Labute approximate surface area is 151 Å². The molecule has 1 aromatic rings. The van der Waals surface area contributed by atoms with Crippen LogP contribution < -0.4 is 9.47 Å². The molecule has 140 valence electrons. The van der Waals surface area contributed by atoms with Gasteiger partial charge in [0.2, 0.25) is 5.91 Å². The average Bonchev–Trinajstić information content (AvgIpc) is 2.64. The number of hydrogen-bond acceptors (Lipinski definition) is 5. The van der Waals surface area contributed by atoms with Crippen LogP contribution in [0.3, 0.4) is 0 Å². The third-order valence-corrected chi connectivity index (χ3v) is 4.82. The fraction of sp³-hybridized carbons (Fsp3) is 0.632. The topological polar surface area (TPSA) is 45.3 Å². The second-order valence-corrected chi connectivity index (χ2v) is 6.30. The van der Waals surface area contributed by atoms with Gasteiger partial charge in [0, 0.05) is 51.4 Å². The summed E-state index contributed by atoms with van der Waals surface area (Å²) in [4.78, 5) is 18.8. The van der Waals surface area contributed by atoms with Gasteiger partial charge in [-0.2, -0.15) is 0 Å². The molecule has 0 N–H and O–H groups in total. The van der Waals surface area contributed by atoms with Gasteiger partial charge < -0.3 is 14.4 Å². The minimum absolute atomic E-state index is 0.230. The number of benzene rings is 1. The van der Waals surface area contributed by atoms with E-state index in [4.69, 9.17) is 9.47 Å². The number of piperazine rings is 1. The number of nitrogens with zero attached hydrogens (tertiary/aromatic N) is 3. The molecule has 0 spiro atoms. The molecular formula is C19H31N3O3. The summed E-state index contributed by atoms with van der Waals surface area (Å²) in [5.41, 5.74) is 1.13. The van der Waals surface area contributed by atoms with Gasteiger partial charge in [0.25, 0.3) is 0 Å². The fourth-order valence-corrected chi connectivity index (χ4v) is 3.22. The molecule has 6 heteroatoms. The second kappa shape index (κ2) is 9.63. The van der Waals surface area contributed by atoms with Crippen molar-refractivity contribution in [2.75, 3.05) is 60.0 Å². The van der Waals surface area contributed by atoms with Crippen molar-refractivity contribution in [2.24, 2.45) is 0 Å². The van der Waals surface area contributed by atoms with E-state index in [1.54, 1.807) is 14.2 Å². The van der Waals surface area contributed by atoms with Crippen LogP contribution in [0, 0.1) is 0 Å². The molecule has 0 bridgehead atoms. The van der Waals surface area contributed by atoms with E-state index in [2.05, 4.69) is 9.80 Å². The summed E-state index contributed by atoms with van der Waals surface area (Å²) in [5.74, 6) is 1.96. The Morgan fingerprint density at radius 3 is 2.24 bits per heavy atom.